The summed E-state index contributed by atoms with van der Waals surface area (Å²) in [5, 5.41) is 15.6. The third kappa shape index (κ3) is 4.13. The van der Waals surface area contributed by atoms with Crippen LogP contribution in [-0.2, 0) is 4.79 Å². The van der Waals surface area contributed by atoms with E-state index in [2.05, 4.69) is 10.6 Å². The van der Waals surface area contributed by atoms with Crippen LogP contribution in [0.3, 0.4) is 0 Å². The lowest BCUT2D eigenvalue weighted by molar-refractivity contribution is -0.307. The van der Waals surface area contributed by atoms with Gasteiger partial charge >= 0.3 is 6.03 Å². The molecule has 2 N–H and O–H groups in total. The zero-order valence-corrected chi connectivity index (χ0v) is 10.3. The van der Waals surface area contributed by atoms with Gasteiger partial charge in [0, 0.05) is 5.69 Å². The highest BCUT2D eigenvalue weighted by Crippen LogP contribution is 2.24. The lowest BCUT2D eigenvalue weighted by Crippen LogP contribution is -2.47. The van der Waals surface area contributed by atoms with E-state index in [9.17, 15) is 14.7 Å². The normalized spacial score (nSPS) is 11.7. The molecule has 0 bridgehead atoms. The first-order chi connectivity index (χ1) is 7.90. The number of carbonyl (C=O) groups excluding carboxylic acids is 2. The number of benzene rings is 1. The smallest absolute Gasteiger partial charge is 0.319 e. The molecule has 0 aliphatic rings. The fraction of sp³-hybridized carbons (Fsp3) is 0.200. The highest BCUT2D eigenvalue weighted by Gasteiger charge is 2.08. The number of carboxylic acids is 1. The maximum atomic E-state index is 11.3. The largest absolute Gasteiger partial charge is 0.548 e. The number of urea groups is 1. The number of rotatable bonds is 3. The molecule has 0 spiro atoms. The second-order valence-electron chi connectivity index (χ2n) is 3.27. The minimum absolute atomic E-state index is 0.289. The number of nitrogens with one attached hydrogen (secondary N) is 2. The van der Waals surface area contributed by atoms with E-state index in [1.54, 1.807) is 0 Å². The number of hydrogen-bond acceptors (Lipinski definition) is 3. The van der Waals surface area contributed by atoms with E-state index in [4.69, 9.17) is 23.2 Å². The van der Waals surface area contributed by atoms with Crippen LogP contribution in [0.5, 0.6) is 0 Å². The van der Waals surface area contributed by atoms with Crippen LogP contribution in [-0.4, -0.2) is 18.0 Å². The van der Waals surface area contributed by atoms with Crippen molar-refractivity contribution in [3.63, 3.8) is 0 Å². The molecule has 7 heteroatoms. The minimum atomic E-state index is -1.37. The Kier molecular flexibility index (Phi) is 4.60. The zero-order chi connectivity index (χ0) is 13.0. The van der Waals surface area contributed by atoms with Crippen LogP contribution in [0, 0.1) is 0 Å². The van der Waals surface area contributed by atoms with Crippen LogP contribution in [0.25, 0.3) is 0 Å². The van der Waals surface area contributed by atoms with Gasteiger partial charge in [-0.15, -0.1) is 0 Å². The van der Waals surface area contributed by atoms with Gasteiger partial charge in [0.1, 0.15) is 0 Å². The molecule has 0 aliphatic heterocycles. The first kappa shape index (κ1) is 13.6. The van der Waals surface area contributed by atoms with Gasteiger partial charge in [-0.05, 0) is 25.1 Å². The van der Waals surface area contributed by atoms with Gasteiger partial charge in [0.15, 0.2) is 0 Å². The molecular formula is C10H9Cl2N2O3-. The highest BCUT2D eigenvalue weighted by atomic mass is 35.5. The summed E-state index contributed by atoms with van der Waals surface area (Å²) in [4.78, 5) is 21.7. The minimum Gasteiger partial charge on any atom is -0.548 e. The van der Waals surface area contributed by atoms with Gasteiger partial charge in [-0.1, -0.05) is 23.2 Å². The first-order valence-corrected chi connectivity index (χ1v) is 5.39. The van der Waals surface area contributed by atoms with Crippen molar-refractivity contribution in [2.24, 2.45) is 0 Å². The van der Waals surface area contributed by atoms with Crippen LogP contribution < -0.4 is 15.7 Å². The van der Waals surface area contributed by atoms with E-state index in [0.717, 1.165) is 0 Å². The molecule has 17 heavy (non-hydrogen) atoms. The van der Waals surface area contributed by atoms with Gasteiger partial charge in [-0.25, -0.2) is 4.79 Å². The lowest BCUT2D eigenvalue weighted by atomic mass is 10.3. The summed E-state index contributed by atoms with van der Waals surface area (Å²) in [6, 6.07) is 2.75. The van der Waals surface area contributed by atoms with Crippen LogP contribution in [0.15, 0.2) is 18.2 Å². The van der Waals surface area contributed by atoms with Crippen LogP contribution in [0.1, 0.15) is 6.92 Å². The SMILES string of the molecule is C[C@H](NC(=O)Nc1ccc(Cl)c(Cl)c1)C(=O)[O-]. The topological polar surface area (TPSA) is 81.3 Å². The van der Waals surface area contributed by atoms with Crippen molar-refractivity contribution in [1.29, 1.82) is 0 Å². The summed E-state index contributed by atoms with van der Waals surface area (Å²) in [5.41, 5.74) is 0.405. The van der Waals surface area contributed by atoms with Gasteiger partial charge < -0.3 is 20.5 Å². The third-order valence-electron chi connectivity index (χ3n) is 1.88. The molecule has 0 radical (unpaired) electrons. The van der Waals surface area contributed by atoms with Crippen molar-refractivity contribution in [3.8, 4) is 0 Å². The van der Waals surface area contributed by atoms with E-state index in [0.29, 0.717) is 10.7 Å². The number of amides is 2. The summed E-state index contributed by atoms with van der Waals surface area (Å²) >= 11 is 11.4. The average molecular weight is 276 g/mol. The van der Waals surface area contributed by atoms with Crippen LogP contribution >= 0.6 is 23.2 Å². The molecular weight excluding hydrogens is 267 g/mol. The molecule has 1 aromatic rings. The molecule has 0 aliphatic carbocycles. The Balaban J connectivity index is 2.62. The van der Waals surface area contributed by atoms with E-state index in [1.807, 2.05) is 0 Å². The summed E-state index contributed by atoms with van der Waals surface area (Å²) in [6.07, 6.45) is 0. The highest BCUT2D eigenvalue weighted by molar-refractivity contribution is 6.42. The average Bonchev–Trinajstić information content (AvgIpc) is 2.23. The molecule has 0 unspecified atom stereocenters. The van der Waals surface area contributed by atoms with Crippen molar-refractivity contribution in [1.82, 2.24) is 5.32 Å². The summed E-state index contributed by atoms with van der Waals surface area (Å²) in [6.45, 7) is 1.30. The van der Waals surface area contributed by atoms with Crippen molar-refractivity contribution in [2.45, 2.75) is 13.0 Å². The predicted octanol–water partition coefficient (Wildman–Crippen LogP) is 1.25. The Labute approximate surface area is 108 Å². The summed E-state index contributed by atoms with van der Waals surface area (Å²) < 4.78 is 0. The first-order valence-electron chi connectivity index (χ1n) is 4.63. The predicted molar refractivity (Wildman–Crippen MR) is 63.1 cm³/mol. The number of anilines is 1. The molecule has 2 amide bonds. The Morgan fingerprint density at radius 3 is 2.47 bits per heavy atom. The maximum Gasteiger partial charge on any atom is 0.319 e. The van der Waals surface area contributed by atoms with E-state index >= 15 is 0 Å². The molecule has 1 atom stereocenters. The van der Waals surface area contributed by atoms with Gasteiger partial charge in [0.2, 0.25) is 0 Å². The Morgan fingerprint density at radius 1 is 1.29 bits per heavy atom. The molecule has 1 aromatic carbocycles. The molecule has 5 nitrogen and oxygen atoms in total. The van der Waals surface area contributed by atoms with Gasteiger partial charge in [0.25, 0.3) is 0 Å². The third-order valence-corrected chi connectivity index (χ3v) is 2.62. The van der Waals surface area contributed by atoms with Gasteiger partial charge in [0.05, 0.1) is 22.1 Å². The molecule has 92 valence electrons. The van der Waals surface area contributed by atoms with Crippen molar-refractivity contribution in [2.75, 3.05) is 5.32 Å². The van der Waals surface area contributed by atoms with Crippen molar-refractivity contribution in [3.05, 3.63) is 28.2 Å². The summed E-state index contributed by atoms with van der Waals surface area (Å²) in [7, 11) is 0. The summed E-state index contributed by atoms with van der Waals surface area (Å²) in [5.74, 6) is -1.37. The molecule has 0 aromatic heterocycles. The van der Waals surface area contributed by atoms with Crippen molar-refractivity contribution < 1.29 is 14.7 Å². The quantitative estimate of drug-likeness (QED) is 0.871. The fourth-order valence-electron chi connectivity index (χ4n) is 0.997. The van der Waals surface area contributed by atoms with Crippen molar-refractivity contribution >= 4 is 40.9 Å². The van der Waals surface area contributed by atoms with Gasteiger partial charge in [-0.2, -0.15) is 0 Å². The number of halogens is 2. The second kappa shape index (κ2) is 5.75. The van der Waals surface area contributed by atoms with Crippen LogP contribution in [0.2, 0.25) is 10.0 Å². The van der Waals surface area contributed by atoms with Gasteiger partial charge in [-0.3, -0.25) is 0 Å². The lowest BCUT2D eigenvalue weighted by Gasteiger charge is -2.15. The zero-order valence-electron chi connectivity index (χ0n) is 8.79. The Hall–Kier alpha value is -1.46. The number of carbonyl (C=O) groups is 2. The van der Waals surface area contributed by atoms with Crippen LogP contribution in [0.4, 0.5) is 10.5 Å². The molecule has 0 fully saturated rings. The number of carboxylic acid groups (broad SMARTS) is 1. The Bertz CT molecular complexity index is 451. The maximum absolute atomic E-state index is 11.3. The molecule has 1 rings (SSSR count). The molecule has 0 saturated heterocycles. The Morgan fingerprint density at radius 2 is 1.94 bits per heavy atom. The number of aliphatic carboxylic acids is 1. The standard InChI is InChI=1S/C10H10Cl2N2O3/c1-5(9(15)16)13-10(17)14-6-2-3-7(11)8(12)4-6/h2-5H,1H3,(H,15,16)(H2,13,14,17)/p-1/t5-/m0/s1. The van der Waals surface area contributed by atoms with E-state index in [1.165, 1.54) is 25.1 Å². The molecule has 0 heterocycles. The number of hydrogen-bond donors (Lipinski definition) is 2. The van der Waals surface area contributed by atoms with E-state index in [-0.39, 0.29) is 5.02 Å². The fourth-order valence-corrected chi connectivity index (χ4v) is 1.29. The monoisotopic (exact) mass is 275 g/mol. The van der Waals surface area contributed by atoms with E-state index < -0.39 is 18.0 Å². The molecule has 0 saturated carbocycles. The second-order valence-corrected chi connectivity index (χ2v) is 4.08.